The van der Waals surface area contributed by atoms with Gasteiger partial charge in [-0.3, -0.25) is 19.6 Å². The largest absolute Gasteiger partial charge is 0.349 e. The van der Waals surface area contributed by atoms with Crippen LogP contribution in [0.5, 0.6) is 0 Å². The highest BCUT2D eigenvalue weighted by atomic mass is 32.1. The molecular formula is C21H29N5OS. The zero-order chi connectivity index (χ0) is 19.2. The molecule has 2 aliphatic heterocycles. The van der Waals surface area contributed by atoms with Gasteiger partial charge in [0, 0.05) is 43.1 Å². The van der Waals surface area contributed by atoms with E-state index >= 15 is 0 Å². The average Bonchev–Trinajstić information content (AvgIpc) is 3.27. The van der Waals surface area contributed by atoms with Gasteiger partial charge in [0.2, 0.25) is 5.91 Å². The number of pyridine rings is 1. The van der Waals surface area contributed by atoms with Gasteiger partial charge in [0.05, 0.1) is 12.5 Å². The summed E-state index contributed by atoms with van der Waals surface area (Å²) in [5.41, 5.74) is 1.34. The first-order valence-corrected chi connectivity index (χ1v) is 11.2. The molecule has 0 saturated carbocycles. The molecule has 0 unspecified atom stereocenters. The maximum atomic E-state index is 12.6. The standard InChI is InChI=1S/C21H29N5OS/c27-21(24-14-20-23-9-13-28-20)18-2-1-10-26(16-18)19-5-11-25(12-6-19)15-17-3-7-22-8-4-17/h3-4,7-9,13,18-19H,1-2,5-6,10-12,14-16H2,(H,24,27)/t18-/m0/s1. The monoisotopic (exact) mass is 399 g/mol. The lowest BCUT2D eigenvalue weighted by molar-refractivity contribution is -0.127. The molecule has 7 heteroatoms. The fraction of sp³-hybridized carbons (Fsp3) is 0.571. The Morgan fingerprint density at radius 3 is 2.71 bits per heavy atom. The first-order valence-electron chi connectivity index (χ1n) is 10.3. The molecule has 0 aliphatic carbocycles. The molecule has 2 aromatic heterocycles. The van der Waals surface area contributed by atoms with Crippen molar-refractivity contribution in [3.8, 4) is 0 Å². The van der Waals surface area contributed by atoms with Crippen LogP contribution in [-0.4, -0.2) is 57.9 Å². The maximum Gasteiger partial charge on any atom is 0.224 e. The van der Waals surface area contributed by atoms with Gasteiger partial charge in [-0.05, 0) is 63.0 Å². The minimum absolute atomic E-state index is 0.114. The molecule has 0 radical (unpaired) electrons. The third-order valence-corrected chi connectivity index (χ3v) is 6.73. The highest BCUT2D eigenvalue weighted by Gasteiger charge is 2.31. The molecule has 28 heavy (non-hydrogen) atoms. The number of nitrogens with one attached hydrogen (secondary N) is 1. The summed E-state index contributed by atoms with van der Waals surface area (Å²) in [6, 6.07) is 4.82. The Morgan fingerprint density at radius 2 is 1.96 bits per heavy atom. The second kappa shape index (κ2) is 9.58. The van der Waals surface area contributed by atoms with Crippen molar-refractivity contribution in [3.63, 3.8) is 0 Å². The Hall–Kier alpha value is -1.83. The van der Waals surface area contributed by atoms with Crippen molar-refractivity contribution in [3.05, 3.63) is 46.7 Å². The SMILES string of the molecule is O=C(NCc1nccs1)[C@H]1CCCN(C2CCN(Cc3ccncc3)CC2)C1. The first kappa shape index (κ1) is 19.5. The Kier molecular flexibility index (Phi) is 6.67. The molecule has 0 spiro atoms. The molecule has 4 heterocycles. The van der Waals surface area contributed by atoms with Crippen LogP contribution in [0.4, 0.5) is 0 Å². The van der Waals surface area contributed by atoms with Crippen LogP contribution in [0.1, 0.15) is 36.3 Å². The minimum atomic E-state index is 0.114. The number of aromatic nitrogens is 2. The molecular weight excluding hydrogens is 370 g/mol. The number of thiazole rings is 1. The van der Waals surface area contributed by atoms with Gasteiger partial charge in [0.1, 0.15) is 5.01 Å². The number of nitrogens with zero attached hydrogens (tertiary/aromatic N) is 4. The third kappa shape index (κ3) is 5.16. The zero-order valence-electron chi connectivity index (χ0n) is 16.3. The average molecular weight is 400 g/mol. The molecule has 150 valence electrons. The van der Waals surface area contributed by atoms with Crippen LogP contribution in [0.3, 0.4) is 0 Å². The molecule has 0 bridgehead atoms. The summed E-state index contributed by atoms with van der Waals surface area (Å²) in [7, 11) is 0. The Morgan fingerprint density at radius 1 is 1.14 bits per heavy atom. The molecule has 2 saturated heterocycles. The minimum Gasteiger partial charge on any atom is -0.349 e. The van der Waals surface area contributed by atoms with Gasteiger partial charge in [-0.2, -0.15) is 0 Å². The first-order chi connectivity index (χ1) is 13.8. The van der Waals surface area contributed by atoms with Gasteiger partial charge in [-0.25, -0.2) is 4.98 Å². The van der Waals surface area contributed by atoms with Gasteiger partial charge in [0.25, 0.3) is 0 Å². The van der Waals surface area contributed by atoms with Crippen molar-refractivity contribution < 1.29 is 4.79 Å². The zero-order valence-corrected chi connectivity index (χ0v) is 17.1. The highest BCUT2D eigenvalue weighted by molar-refractivity contribution is 7.09. The fourth-order valence-electron chi connectivity index (χ4n) is 4.39. The normalized spacial score (nSPS) is 22.2. The van der Waals surface area contributed by atoms with E-state index in [1.165, 1.54) is 18.4 Å². The topological polar surface area (TPSA) is 61.4 Å². The second-order valence-electron chi connectivity index (χ2n) is 7.84. The summed E-state index contributed by atoms with van der Waals surface area (Å²) in [6.45, 7) is 5.86. The van der Waals surface area contributed by atoms with Crippen molar-refractivity contribution in [2.24, 2.45) is 5.92 Å². The van der Waals surface area contributed by atoms with Gasteiger partial charge < -0.3 is 5.32 Å². The summed E-state index contributed by atoms with van der Waals surface area (Å²) in [4.78, 5) is 26.1. The summed E-state index contributed by atoms with van der Waals surface area (Å²) in [5.74, 6) is 0.304. The molecule has 2 aromatic rings. The van der Waals surface area contributed by atoms with Gasteiger partial charge in [-0.15, -0.1) is 11.3 Å². The van der Waals surface area contributed by atoms with E-state index in [0.717, 1.165) is 50.6 Å². The second-order valence-corrected chi connectivity index (χ2v) is 8.82. The number of carbonyl (C=O) groups excluding carboxylic acids is 1. The van der Waals surface area contributed by atoms with Crippen LogP contribution >= 0.6 is 11.3 Å². The number of carbonyl (C=O) groups is 1. The van der Waals surface area contributed by atoms with Crippen molar-refractivity contribution in [2.45, 2.75) is 44.8 Å². The van der Waals surface area contributed by atoms with Crippen LogP contribution in [-0.2, 0) is 17.9 Å². The molecule has 6 nitrogen and oxygen atoms in total. The predicted molar refractivity (Wildman–Crippen MR) is 111 cm³/mol. The smallest absolute Gasteiger partial charge is 0.224 e. The van der Waals surface area contributed by atoms with E-state index in [9.17, 15) is 4.79 Å². The van der Waals surface area contributed by atoms with Crippen molar-refractivity contribution >= 4 is 17.2 Å². The fourth-order valence-corrected chi connectivity index (χ4v) is 4.94. The van der Waals surface area contributed by atoms with E-state index in [0.29, 0.717) is 12.6 Å². The number of amides is 1. The van der Waals surface area contributed by atoms with Crippen LogP contribution < -0.4 is 5.32 Å². The Balaban J connectivity index is 1.23. The lowest BCUT2D eigenvalue weighted by Crippen LogP contribution is -2.50. The van der Waals surface area contributed by atoms with E-state index in [4.69, 9.17) is 0 Å². The predicted octanol–water partition coefficient (Wildman–Crippen LogP) is 2.53. The summed E-state index contributed by atoms with van der Waals surface area (Å²) in [6.07, 6.45) is 10.0. The van der Waals surface area contributed by atoms with Crippen LogP contribution in [0.25, 0.3) is 0 Å². The van der Waals surface area contributed by atoms with Crippen LogP contribution in [0.2, 0.25) is 0 Å². The number of piperidine rings is 2. The molecule has 2 aliphatic rings. The number of likely N-dealkylation sites (tertiary alicyclic amines) is 2. The van der Waals surface area contributed by atoms with Gasteiger partial charge in [0.15, 0.2) is 0 Å². The van der Waals surface area contributed by atoms with Gasteiger partial charge in [-0.1, -0.05) is 0 Å². The lowest BCUT2D eigenvalue weighted by atomic mass is 9.93. The van der Waals surface area contributed by atoms with E-state index < -0.39 is 0 Å². The lowest BCUT2D eigenvalue weighted by Gasteiger charge is -2.42. The van der Waals surface area contributed by atoms with E-state index in [1.54, 1.807) is 17.5 Å². The van der Waals surface area contributed by atoms with Gasteiger partial charge >= 0.3 is 0 Å². The van der Waals surface area contributed by atoms with E-state index in [2.05, 4.69) is 37.2 Å². The van der Waals surface area contributed by atoms with Crippen molar-refractivity contribution in [1.29, 1.82) is 0 Å². The molecule has 4 rings (SSSR count). The van der Waals surface area contributed by atoms with Crippen LogP contribution in [0.15, 0.2) is 36.1 Å². The quantitative estimate of drug-likeness (QED) is 0.809. The molecule has 0 aromatic carbocycles. The van der Waals surface area contributed by atoms with E-state index in [-0.39, 0.29) is 11.8 Å². The molecule has 1 amide bonds. The van der Waals surface area contributed by atoms with Crippen LogP contribution in [0, 0.1) is 5.92 Å². The van der Waals surface area contributed by atoms with E-state index in [1.807, 2.05) is 17.8 Å². The summed E-state index contributed by atoms with van der Waals surface area (Å²) < 4.78 is 0. The number of hydrogen-bond acceptors (Lipinski definition) is 6. The number of hydrogen-bond donors (Lipinski definition) is 1. The Labute approximate surface area is 171 Å². The van der Waals surface area contributed by atoms with Crippen molar-refractivity contribution in [2.75, 3.05) is 26.2 Å². The molecule has 1 atom stereocenters. The Bertz CT molecular complexity index is 731. The number of rotatable bonds is 6. The van der Waals surface area contributed by atoms with Crippen molar-refractivity contribution in [1.82, 2.24) is 25.1 Å². The molecule has 1 N–H and O–H groups in total. The maximum absolute atomic E-state index is 12.6. The summed E-state index contributed by atoms with van der Waals surface area (Å²) in [5, 5.41) is 6.01. The third-order valence-electron chi connectivity index (χ3n) is 5.95. The molecule has 2 fully saturated rings. The highest BCUT2D eigenvalue weighted by Crippen LogP contribution is 2.24. The summed E-state index contributed by atoms with van der Waals surface area (Å²) >= 11 is 1.59.